The van der Waals surface area contributed by atoms with Crippen LogP contribution in [-0.2, 0) is 28.6 Å². The first-order valence-electron chi connectivity index (χ1n) is 14.7. The van der Waals surface area contributed by atoms with Crippen LogP contribution in [0.25, 0.3) is 0 Å². The minimum absolute atomic E-state index is 0.0343. The highest BCUT2D eigenvalue weighted by atomic mass is 16.6. The standard InChI is InChI=1S/C30H50N4O8/c1-20-21(24(36)26(41-6)25(40-5)23(20)35)16-13-11-9-7-8-10-12-14-19-34(29(39)42-30(2,3)4)22(27(37)38)17-15-18-33-28(31)32/h22H,7-19H2,1-6H3,(H,37,38)(H4,31,32,33)/t22-/m0/s1. The van der Waals surface area contributed by atoms with Crippen molar-refractivity contribution in [2.45, 2.75) is 110 Å². The third-order valence-corrected chi connectivity index (χ3v) is 6.93. The summed E-state index contributed by atoms with van der Waals surface area (Å²) < 4.78 is 15.7. The lowest BCUT2D eigenvalue weighted by Gasteiger charge is -2.31. The number of allylic oxidation sites excluding steroid dienone is 2. The van der Waals surface area contributed by atoms with Gasteiger partial charge in [0.25, 0.3) is 0 Å². The van der Waals surface area contributed by atoms with Gasteiger partial charge in [0.1, 0.15) is 11.6 Å². The zero-order chi connectivity index (χ0) is 31.9. The molecule has 0 aliphatic heterocycles. The quantitative estimate of drug-likeness (QED) is 0.0723. The SMILES string of the molecule is COC1=C(OC)C(=O)C(CCCCCCCCCCN(C(=O)OC(C)(C)C)[C@@H](CCCNC(=N)N)C(=O)O)=C(C)C1=O. The van der Waals surface area contributed by atoms with Crippen molar-refractivity contribution in [1.82, 2.24) is 10.2 Å². The molecule has 1 aliphatic rings. The average molecular weight is 595 g/mol. The van der Waals surface area contributed by atoms with Crippen LogP contribution in [0.15, 0.2) is 22.7 Å². The number of methoxy groups -OCH3 is 2. The lowest BCUT2D eigenvalue weighted by Crippen LogP contribution is -2.48. The number of rotatable bonds is 19. The number of nitrogens with one attached hydrogen (secondary N) is 2. The summed E-state index contributed by atoms with van der Waals surface area (Å²) in [5.41, 5.74) is 5.44. The number of carboxylic acid groups (broad SMARTS) is 1. The van der Waals surface area contributed by atoms with Gasteiger partial charge in [0.05, 0.1) is 14.2 Å². The molecule has 0 unspecified atom stereocenters. The van der Waals surface area contributed by atoms with E-state index in [1.807, 2.05) is 0 Å². The predicted octanol–water partition coefficient (Wildman–Crippen LogP) is 4.42. The minimum atomic E-state index is -1.09. The molecule has 1 aliphatic carbocycles. The number of carbonyl (C=O) groups is 4. The number of Topliss-reactive ketones (excluding diaryl/α,β-unsaturated/α-hetero) is 2. The van der Waals surface area contributed by atoms with Crippen molar-refractivity contribution in [2.75, 3.05) is 27.3 Å². The lowest BCUT2D eigenvalue weighted by atomic mass is 9.89. The second kappa shape index (κ2) is 18.1. The van der Waals surface area contributed by atoms with Gasteiger partial charge in [-0.25, -0.2) is 9.59 Å². The molecule has 0 spiro atoms. The van der Waals surface area contributed by atoms with Crippen LogP contribution in [0, 0.1) is 5.41 Å². The Morgan fingerprint density at radius 3 is 1.95 bits per heavy atom. The fourth-order valence-electron chi connectivity index (χ4n) is 4.76. The number of hydrogen-bond acceptors (Lipinski definition) is 8. The third kappa shape index (κ3) is 12.1. The highest BCUT2D eigenvalue weighted by Crippen LogP contribution is 2.29. The molecule has 0 bridgehead atoms. The number of guanidine groups is 1. The van der Waals surface area contributed by atoms with Gasteiger partial charge in [0.15, 0.2) is 5.96 Å². The Bertz CT molecular complexity index is 1030. The van der Waals surface area contributed by atoms with Crippen LogP contribution in [0.3, 0.4) is 0 Å². The summed E-state index contributed by atoms with van der Waals surface area (Å²) in [6.45, 7) is 7.49. The Hall–Kier alpha value is -3.57. The molecule has 0 aromatic rings. The van der Waals surface area contributed by atoms with Gasteiger partial charge < -0.3 is 30.4 Å². The van der Waals surface area contributed by atoms with Gasteiger partial charge in [-0.1, -0.05) is 38.5 Å². The van der Waals surface area contributed by atoms with Crippen LogP contribution in [0.2, 0.25) is 0 Å². The Balaban J connectivity index is 2.48. The van der Waals surface area contributed by atoms with E-state index in [0.29, 0.717) is 37.0 Å². The van der Waals surface area contributed by atoms with Crippen molar-refractivity contribution < 1.29 is 38.5 Å². The average Bonchev–Trinajstić information content (AvgIpc) is 2.90. The lowest BCUT2D eigenvalue weighted by molar-refractivity contribution is -0.143. The zero-order valence-corrected chi connectivity index (χ0v) is 26.1. The van der Waals surface area contributed by atoms with Gasteiger partial charge in [-0.05, 0) is 59.8 Å². The molecule has 0 radical (unpaired) electrons. The van der Waals surface area contributed by atoms with Gasteiger partial charge >= 0.3 is 12.1 Å². The minimum Gasteiger partial charge on any atom is -0.489 e. The van der Waals surface area contributed by atoms with E-state index in [9.17, 15) is 24.3 Å². The van der Waals surface area contributed by atoms with Crippen LogP contribution in [0.4, 0.5) is 4.79 Å². The number of amides is 1. The molecule has 1 rings (SSSR count). The maximum atomic E-state index is 12.9. The van der Waals surface area contributed by atoms with Crippen LogP contribution >= 0.6 is 0 Å². The second-order valence-electron chi connectivity index (χ2n) is 11.4. The molecule has 0 saturated carbocycles. The van der Waals surface area contributed by atoms with E-state index < -0.39 is 23.7 Å². The molecule has 0 heterocycles. The summed E-state index contributed by atoms with van der Waals surface area (Å²) in [6.07, 6.45) is 7.65. The first kappa shape index (κ1) is 36.5. The van der Waals surface area contributed by atoms with Crippen LogP contribution in [-0.4, -0.2) is 78.5 Å². The van der Waals surface area contributed by atoms with Crippen LogP contribution in [0.1, 0.15) is 98.3 Å². The Kier molecular flexibility index (Phi) is 15.7. The van der Waals surface area contributed by atoms with Gasteiger partial charge in [-0.2, -0.15) is 0 Å². The smallest absolute Gasteiger partial charge is 0.411 e. The molecule has 1 atom stereocenters. The number of unbranched alkanes of at least 4 members (excludes halogenated alkanes) is 7. The molecular weight excluding hydrogens is 544 g/mol. The maximum absolute atomic E-state index is 12.9. The topological polar surface area (TPSA) is 181 Å². The molecular formula is C30H50N4O8. The van der Waals surface area contributed by atoms with E-state index in [2.05, 4.69) is 5.32 Å². The van der Waals surface area contributed by atoms with E-state index in [1.54, 1.807) is 27.7 Å². The van der Waals surface area contributed by atoms with E-state index >= 15 is 0 Å². The van der Waals surface area contributed by atoms with E-state index in [4.69, 9.17) is 25.4 Å². The number of carbonyl (C=O) groups excluding carboxylic acids is 3. The van der Waals surface area contributed by atoms with Crippen molar-refractivity contribution in [3.05, 3.63) is 22.7 Å². The fourth-order valence-corrected chi connectivity index (χ4v) is 4.76. The van der Waals surface area contributed by atoms with Gasteiger partial charge in [-0.15, -0.1) is 0 Å². The first-order valence-corrected chi connectivity index (χ1v) is 14.7. The molecule has 12 heteroatoms. The third-order valence-electron chi connectivity index (χ3n) is 6.93. The summed E-state index contributed by atoms with van der Waals surface area (Å²) in [4.78, 5) is 51.4. The number of nitrogens with two attached hydrogens (primary N) is 1. The van der Waals surface area contributed by atoms with Crippen molar-refractivity contribution in [1.29, 1.82) is 5.41 Å². The molecule has 238 valence electrons. The molecule has 0 aromatic heterocycles. The van der Waals surface area contributed by atoms with Gasteiger partial charge in [0, 0.05) is 24.2 Å². The summed E-state index contributed by atoms with van der Waals surface area (Å²) in [6, 6.07) is -1.03. The van der Waals surface area contributed by atoms with Crippen molar-refractivity contribution in [3.63, 3.8) is 0 Å². The summed E-state index contributed by atoms with van der Waals surface area (Å²) >= 11 is 0. The largest absolute Gasteiger partial charge is 0.489 e. The maximum Gasteiger partial charge on any atom is 0.411 e. The van der Waals surface area contributed by atoms with Crippen molar-refractivity contribution in [2.24, 2.45) is 5.73 Å². The fraction of sp³-hybridized carbons (Fsp3) is 0.700. The number of ketones is 2. The van der Waals surface area contributed by atoms with E-state index in [0.717, 1.165) is 44.9 Å². The molecule has 12 nitrogen and oxygen atoms in total. The molecule has 0 aromatic carbocycles. The van der Waals surface area contributed by atoms with Crippen LogP contribution < -0.4 is 11.1 Å². The van der Waals surface area contributed by atoms with Crippen LogP contribution in [0.5, 0.6) is 0 Å². The van der Waals surface area contributed by atoms with Gasteiger partial charge in [-0.3, -0.25) is 19.9 Å². The molecule has 5 N–H and O–H groups in total. The molecule has 42 heavy (non-hydrogen) atoms. The Morgan fingerprint density at radius 1 is 0.929 bits per heavy atom. The first-order chi connectivity index (χ1) is 19.7. The normalized spacial score (nSPS) is 14.5. The predicted molar refractivity (Wildman–Crippen MR) is 159 cm³/mol. The number of hydrogen-bond donors (Lipinski definition) is 4. The number of aliphatic carboxylic acids is 1. The molecule has 0 fully saturated rings. The summed E-state index contributed by atoms with van der Waals surface area (Å²) in [5, 5.41) is 19.7. The summed E-state index contributed by atoms with van der Waals surface area (Å²) in [7, 11) is 2.70. The summed E-state index contributed by atoms with van der Waals surface area (Å²) in [5.74, 6) is -1.96. The van der Waals surface area contributed by atoms with Crippen molar-refractivity contribution in [3.8, 4) is 0 Å². The number of nitrogens with zero attached hydrogens (tertiary/aromatic N) is 1. The highest BCUT2D eigenvalue weighted by Gasteiger charge is 2.34. The second-order valence-corrected chi connectivity index (χ2v) is 11.4. The van der Waals surface area contributed by atoms with E-state index in [1.165, 1.54) is 19.1 Å². The molecule has 1 amide bonds. The number of ether oxygens (including phenoxy) is 3. The Labute approximate surface area is 249 Å². The Morgan fingerprint density at radius 2 is 1.45 bits per heavy atom. The molecule has 0 saturated heterocycles. The van der Waals surface area contributed by atoms with Gasteiger partial charge in [0.2, 0.25) is 23.1 Å². The van der Waals surface area contributed by atoms with E-state index in [-0.39, 0.29) is 42.0 Å². The highest BCUT2D eigenvalue weighted by molar-refractivity contribution is 6.23. The monoisotopic (exact) mass is 594 g/mol. The zero-order valence-electron chi connectivity index (χ0n) is 26.1. The number of carboxylic acids is 1. The van der Waals surface area contributed by atoms with Crippen molar-refractivity contribution >= 4 is 29.6 Å².